The zero-order chi connectivity index (χ0) is 13.3. The number of hydrogen-bond acceptors (Lipinski definition) is 1. The van der Waals surface area contributed by atoms with Gasteiger partial charge in [-0.2, -0.15) is 0 Å². The smallest absolute Gasteiger partial charge is 0.0708 e. The fraction of sp³-hybridized carbons (Fsp3) is 1.00. The maximum absolute atomic E-state index is 11.4. The van der Waals surface area contributed by atoms with Crippen molar-refractivity contribution in [3.8, 4) is 0 Å². The van der Waals surface area contributed by atoms with Gasteiger partial charge in [-0.1, -0.05) is 47.0 Å². The van der Waals surface area contributed by atoms with E-state index in [0.717, 1.165) is 12.3 Å². The lowest BCUT2D eigenvalue weighted by Crippen LogP contribution is -2.51. The first-order valence-corrected chi connectivity index (χ1v) is 8.15. The van der Waals surface area contributed by atoms with Crippen molar-refractivity contribution in [2.45, 2.75) is 78.2 Å². The predicted octanol–water partition coefficient (Wildman–Crippen LogP) is 4.64. The summed E-state index contributed by atoms with van der Waals surface area (Å²) < 4.78 is 0. The van der Waals surface area contributed by atoms with Gasteiger partial charge >= 0.3 is 0 Å². The fourth-order valence-corrected chi connectivity index (χ4v) is 4.67. The molecule has 0 amide bonds. The lowest BCUT2D eigenvalue weighted by atomic mass is 9.59. The monoisotopic (exact) mass is 252 g/mol. The van der Waals surface area contributed by atoms with Crippen LogP contribution in [0.1, 0.15) is 72.6 Å². The highest BCUT2D eigenvalue weighted by atomic mass is 16.3. The van der Waals surface area contributed by atoms with E-state index in [9.17, 15) is 5.11 Å². The SMILES string of the molecule is CC1CCC(C2(O)CC(C)CCC2C(C)C)CC1. The third kappa shape index (κ3) is 2.76. The van der Waals surface area contributed by atoms with Crippen LogP contribution >= 0.6 is 0 Å². The second kappa shape index (κ2) is 5.53. The van der Waals surface area contributed by atoms with Crippen LogP contribution in [0.5, 0.6) is 0 Å². The van der Waals surface area contributed by atoms with E-state index in [0.29, 0.717) is 23.7 Å². The molecule has 2 aliphatic rings. The molecule has 18 heavy (non-hydrogen) atoms. The van der Waals surface area contributed by atoms with Gasteiger partial charge in [0.25, 0.3) is 0 Å². The molecular weight excluding hydrogens is 220 g/mol. The molecule has 0 heterocycles. The number of rotatable bonds is 2. The van der Waals surface area contributed by atoms with E-state index in [2.05, 4.69) is 27.7 Å². The van der Waals surface area contributed by atoms with Crippen LogP contribution in [0.2, 0.25) is 0 Å². The molecule has 3 unspecified atom stereocenters. The Bertz CT molecular complexity index is 265. The van der Waals surface area contributed by atoms with Crippen molar-refractivity contribution >= 4 is 0 Å². The Balaban J connectivity index is 2.13. The topological polar surface area (TPSA) is 20.2 Å². The van der Waals surface area contributed by atoms with Gasteiger partial charge in [-0.3, -0.25) is 0 Å². The normalized spacial score (nSPS) is 46.3. The molecule has 2 rings (SSSR count). The van der Waals surface area contributed by atoms with Crippen molar-refractivity contribution in [2.24, 2.45) is 29.6 Å². The standard InChI is InChI=1S/C17H32O/c1-12(2)16-10-7-14(4)11-17(16,18)15-8-5-13(3)6-9-15/h12-16,18H,5-11H2,1-4H3. The third-order valence-electron chi connectivity index (χ3n) is 5.82. The summed E-state index contributed by atoms with van der Waals surface area (Å²) in [5.41, 5.74) is -0.355. The minimum absolute atomic E-state index is 0.355. The van der Waals surface area contributed by atoms with Gasteiger partial charge in [0.2, 0.25) is 0 Å². The molecule has 1 nitrogen and oxygen atoms in total. The molecule has 1 N–H and O–H groups in total. The quantitative estimate of drug-likeness (QED) is 0.759. The minimum Gasteiger partial charge on any atom is -0.389 e. The van der Waals surface area contributed by atoms with Crippen LogP contribution in [0.4, 0.5) is 0 Å². The Kier molecular flexibility index (Phi) is 4.41. The molecule has 0 aromatic rings. The lowest BCUT2D eigenvalue weighted by molar-refractivity contribution is -0.132. The van der Waals surface area contributed by atoms with Crippen LogP contribution in [0, 0.1) is 29.6 Å². The molecule has 0 saturated heterocycles. The van der Waals surface area contributed by atoms with E-state index in [1.165, 1.54) is 38.5 Å². The van der Waals surface area contributed by atoms with Gasteiger partial charge < -0.3 is 5.11 Å². The van der Waals surface area contributed by atoms with Crippen LogP contribution < -0.4 is 0 Å². The summed E-state index contributed by atoms with van der Waals surface area (Å²) in [5, 5.41) is 11.4. The molecular formula is C17H32O. The van der Waals surface area contributed by atoms with Gasteiger partial charge in [-0.05, 0) is 55.3 Å². The molecule has 0 aliphatic heterocycles. The van der Waals surface area contributed by atoms with Crippen molar-refractivity contribution in [1.29, 1.82) is 0 Å². The summed E-state index contributed by atoms with van der Waals surface area (Å²) in [6.07, 6.45) is 8.77. The first kappa shape index (κ1) is 14.4. The van der Waals surface area contributed by atoms with Crippen LogP contribution in [0.3, 0.4) is 0 Å². The number of aliphatic hydroxyl groups is 1. The summed E-state index contributed by atoms with van der Waals surface area (Å²) in [4.78, 5) is 0. The second-order valence-corrected chi connectivity index (χ2v) is 7.69. The average molecular weight is 252 g/mol. The molecule has 0 bridgehead atoms. The zero-order valence-electron chi connectivity index (χ0n) is 12.8. The van der Waals surface area contributed by atoms with E-state index in [4.69, 9.17) is 0 Å². The Morgan fingerprint density at radius 1 is 0.889 bits per heavy atom. The zero-order valence-corrected chi connectivity index (χ0v) is 12.8. The maximum atomic E-state index is 11.4. The minimum atomic E-state index is -0.355. The van der Waals surface area contributed by atoms with Crippen LogP contribution in [-0.4, -0.2) is 10.7 Å². The third-order valence-corrected chi connectivity index (χ3v) is 5.82. The molecule has 0 aromatic carbocycles. The van der Waals surface area contributed by atoms with E-state index in [1.54, 1.807) is 0 Å². The highest BCUT2D eigenvalue weighted by Gasteiger charge is 2.48. The van der Waals surface area contributed by atoms with Crippen molar-refractivity contribution in [3.05, 3.63) is 0 Å². The Morgan fingerprint density at radius 2 is 1.44 bits per heavy atom. The summed E-state index contributed by atoms with van der Waals surface area (Å²) in [6.45, 7) is 9.30. The largest absolute Gasteiger partial charge is 0.389 e. The van der Waals surface area contributed by atoms with Crippen molar-refractivity contribution < 1.29 is 5.11 Å². The molecule has 2 aliphatic carbocycles. The molecule has 2 fully saturated rings. The predicted molar refractivity (Wildman–Crippen MR) is 77.4 cm³/mol. The van der Waals surface area contributed by atoms with Gasteiger partial charge in [-0.15, -0.1) is 0 Å². The van der Waals surface area contributed by atoms with E-state index < -0.39 is 0 Å². The fourth-order valence-electron chi connectivity index (χ4n) is 4.67. The molecule has 0 spiro atoms. The summed E-state index contributed by atoms with van der Waals surface area (Å²) in [5.74, 6) is 3.32. The van der Waals surface area contributed by atoms with Crippen LogP contribution in [0.25, 0.3) is 0 Å². The molecule has 106 valence electrons. The highest BCUT2D eigenvalue weighted by Crippen LogP contribution is 2.49. The Hall–Kier alpha value is -0.0400. The van der Waals surface area contributed by atoms with Crippen molar-refractivity contribution in [1.82, 2.24) is 0 Å². The summed E-state index contributed by atoms with van der Waals surface area (Å²) in [7, 11) is 0. The molecule has 0 radical (unpaired) electrons. The van der Waals surface area contributed by atoms with Crippen LogP contribution in [-0.2, 0) is 0 Å². The van der Waals surface area contributed by atoms with Gasteiger partial charge in [0.05, 0.1) is 5.60 Å². The molecule has 1 heteroatoms. The van der Waals surface area contributed by atoms with E-state index in [-0.39, 0.29) is 5.60 Å². The van der Waals surface area contributed by atoms with Gasteiger partial charge in [0.1, 0.15) is 0 Å². The van der Waals surface area contributed by atoms with Crippen molar-refractivity contribution in [2.75, 3.05) is 0 Å². The Labute approximate surface area is 113 Å². The van der Waals surface area contributed by atoms with Gasteiger partial charge in [-0.25, -0.2) is 0 Å². The maximum Gasteiger partial charge on any atom is 0.0708 e. The second-order valence-electron chi connectivity index (χ2n) is 7.69. The van der Waals surface area contributed by atoms with Crippen molar-refractivity contribution in [3.63, 3.8) is 0 Å². The summed E-state index contributed by atoms with van der Waals surface area (Å²) >= 11 is 0. The highest BCUT2D eigenvalue weighted by molar-refractivity contribution is 4.99. The first-order chi connectivity index (χ1) is 8.43. The Morgan fingerprint density at radius 3 is 2.00 bits per heavy atom. The van der Waals surface area contributed by atoms with E-state index in [1.807, 2.05) is 0 Å². The van der Waals surface area contributed by atoms with Gasteiger partial charge in [0, 0.05) is 0 Å². The molecule has 3 atom stereocenters. The number of hydrogen-bond donors (Lipinski definition) is 1. The summed E-state index contributed by atoms with van der Waals surface area (Å²) in [6, 6.07) is 0. The average Bonchev–Trinajstić information content (AvgIpc) is 2.28. The van der Waals surface area contributed by atoms with Gasteiger partial charge in [0.15, 0.2) is 0 Å². The van der Waals surface area contributed by atoms with E-state index >= 15 is 0 Å². The lowest BCUT2D eigenvalue weighted by Gasteiger charge is -2.50. The molecule has 0 aromatic heterocycles. The first-order valence-electron chi connectivity index (χ1n) is 8.15. The molecule has 2 saturated carbocycles. The van der Waals surface area contributed by atoms with Crippen LogP contribution in [0.15, 0.2) is 0 Å².